The number of carboxylic acids is 1. The van der Waals surface area contributed by atoms with Gasteiger partial charge in [-0.05, 0) is 29.9 Å². The molecule has 7 heteroatoms. The average Bonchev–Trinajstić information content (AvgIpc) is 2.42. The first kappa shape index (κ1) is 15.4. The van der Waals surface area contributed by atoms with E-state index in [-0.39, 0.29) is 5.75 Å². The molecule has 1 unspecified atom stereocenters. The van der Waals surface area contributed by atoms with Crippen molar-refractivity contribution in [3.05, 3.63) is 40.2 Å². The SMILES string of the molecule is NC(CCSCc1cc(=O)oc2cc(O)ccc12)C(=O)O. The van der Waals surface area contributed by atoms with Gasteiger partial charge in [0.05, 0.1) is 0 Å². The van der Waals surface area contributed by atoms with Crippen LogP contribution in [0.4, 0.5) is 0 Å². The number of carbonyl (C=O) groups is 1. The number of carboxylic acid groups (broad SMARTS) is 1. The Balaban J connectivity index is 2.08. The Morgan fingerprint density at radius 2 is 2.14 bits per heavy atom. The fourth-order valence-corrected chi connectivity index (χ4v) is 2.88. The van der Waals surface area contributed by atoms with E-state index in [1.54, 1.807) is 6.07 Å². The summed E-state index contributed by atoms with van der Waals surface area (Å²) in [5, 5.41) is 18.8. The van der Waals surface area contributed by atoms with Gasteiger partial charge in [0.25, 0.3) is 0 Å². The zero-order chi connectivity index (χ0) is 15.4. The van der Waals surface area contributed by atoms with Gasteiger partial charge in [-0.25, -0.2) is 4.79 Å². The van der Waals surface area contributed by atoms with E-state index in [0.29, 0.717) is 23.5 Å². The van der Waals surface area contributed by atoms with E-state index in [9.17, 15) is 14.7 Å². The number of rotatable bonds is 6. The highest BCUT2D eigenvalue weighted by atomic mass is 32.2. The van der Waals surface area contributed by atoms with Gasteiger partial charge >= 0.3 is 11.6 Å². The lowest BCUT2D eigenvalue weighted by Gasteiger charge is -2.07. The summed E-state index contributed by atoms with van der Waals surface area (Å²) in [7, 11) is 0. The third kappa shape index (κ3) is 3.99. The molecule has 2 aromatic rings. The zero-order valence-corrected chi connectivity index (χ0v) is 11.9. The molecule has 21 heavy (non-hydrogen) atoms. The summed E-state index contributed by atoms with van der Waals surface area (Å²) >= 11 is 1.49. The quantitative estimate of drug-likeness (QED) is 0.547. The minimum atomic E-state index is -1.02. The Hall–Kier alpha value is -1.99. The number of aromatic hydroxyl groups is 1. The molecule has 1 aromatic carbocycles. The fourth-order valence-electron chi connectivity index (χ4n) is 1.85. The topological polar surface area (TPSA) is 114 Å². The van der Waals surface area contributed by atoms with Crippen molar-refractivity contribution in [2.45, 2.75) is 18.2 Å². The van der Waals surface area contributed by atoms with Crippen molar-refractivity contribution in [2.24, 2.45) is 5.73 Å². The maximum Gasteiger partial charge on any atom is 0.336 e. The number of nitrogens with two attached hydrogens (primary N) is 1. The predicted octanol–water partition coefficient (Wildman–Crippen LogP) is 1.53. The van der Waals surface area contributed by atoms with E-state index in [4.69, 9.17) is 15.3 Å². The van der Waals surface area contributed by atoms with Crippen LogP contribution in [0.3, 0.4) is 0 Å². The minimum absolute atomic E-state index is 0.0304. The average molecular weight is 309 g/mol. The summed E-state index contributed by atoms with van der Waals surface area (Å²) in [6.07, 6.45) is 0.361. The van der Waals surface area contributed by atoms with Gasteiger partial charge in [-0.1, -0.05) is 0 Å². The van der Waals surface area contributed by atoms with Crippen LogP contribution < -0.4 is 11.4 Å². The summed E-state index contributed by atoms with van der Waals surface area (Å²) < 4.78 is 5.04. The Morgan fingerprint density at radius 3 is 2.86 bits per heavy atom. The predicted molar refractivity (Wildman–Crippen MR) is 80.5 cm³/mol. The molecule has 0 radical (unpaired) electrons. The number of aliphatic carboxylic acids is 1. The van der Waals surface area contributed by atoms with E-state index in [1.165, 1.54) is 30.0 Å². The number of thioether (sulfide) groups is 1. The van der Waals surface area contributed by atoms with Crippen LogP contribution in [0.25, 0.3) is 11.0 Å². The second kappa shape index (κ2) is 6.64. The van der Waals surface area contributed by atoms with Gasteiger partial charge in [-0.15, -0.1) is 0 Å². The molecule has 1 heterocycles. The Kier molecular flexibility index (Phi) is 4.87. The molecular weight excluding hydrogens is 294 g/mol. The fraction of sp³-hybridized carbons (Fsp3) is 0.286. The molecule has 112 valence electrons. The largest absolute Gasteiger partial charge is 0.508 e. The molecule has 2 rings (SSSR count). The summed E-state index contributed by atoms with van der Waals surface area (Å²) in [6, 6.07) is 5.14. The molecule has 4 N–H and O–H groups in total. The van der Waals surface area contributed by atoms with Gasteiger partial charge in [0, 0.05) is 23.3 Å². The van der Waals surface area contributed by atoms with Gasteiger partial charge in [0.15, 0.2) is 0 Å². The lowest BCUT2D eigenvalue weighted by atomic mass is 10.1. The van der Waals surface area contributed by atoms with Crippen LogP contribution in [0, 0.1) is 0 Å². The minimum Gasteiger partial charge on any atom is -0.508 e. The molecule has 0 amide bonds. The lowest BCUT2D eigenvalue weighted by Crippen LogP contribution is -2.30. The van der Waals surface area contributed by atoms with Crippen LogP contribution in [0.5, 0.6) is 5.75 Å². The highest BCUT2D eigenvalue weighted by Crippen LogP contribution is 2.24. The molecular formula is C14H15NO5S. The first-order chi connectivity index (χ1) is 9.97. The maximum atomic E-state index is 11.5. The lowest BCUT2D eigenvalue weighted by molar-refractivity contribution is -0.138. The van der Waals surface area contributed by atoms with Crippen LogP contribution in [0.1, 0.15) is 12.0 Å². The smallest absolute Gasteiger partial charge is 0.336 e. The number of benzene rings is 1. The van der Waals surface area contributed by atoms with Crippen LogP contribution in [-0.2, 0) is 10.5 Å². The number of fused-ring (bicyclic) bond motifs is 1. The summed E-state index contributed by atoms with van der Waals surface area (Å²) in [5.74, 6) is 0.131. The van der Waals surface area contributed by atoms with Crippen molar-refractivity contribution in [1.82, 2.24) is 0 Å². The first-order valence-electron chi connectivity index (χ1n) is 6.29. The molecule has 0 aliphatic heterocycles. The number of phenols is 1. The Morgan fingerprint density at radius 1 is 1.38 bits per heavy atom. The van der Waals surface area contributed by atoms with Crippen molar-refractivity contribution >= 4 is 28.7 Å². The molecule has 1 atom stereocenters. The number of phenolic OH excluding ortho intramolecular Hbond substituents is 1. The number of hydrogen-bond acceptors (Lipinski definition) is 6. The first-order valence-corrected chi connectivity index (χ1v) is 7.44. The van der Waals surface area contributed by atoms with Gasteiger partial charge < -0.3 is 20.4 Å². The van der Waals surface area contributed by atoms with E-state index in [2.05, 4.69) is 0 Å². The van der Waals surface area contributed by atoms with E-state index in [0.717, 1.165) is 10.9 Å². The van der Waals surface area contributed by atoms with Gasteiger partial charge in [0.2, 0.25) is 0 Å². The summed E-state index contributed by atoms with van der Waals surface area (Å²) in [6.45, 7) is 0. The van der Waals surface area contributed by atoms with Gasteiger partial charge in [-0.3, -0.25) is 4.79 Å². The third-order valence-electron chi connectivity index (χ3n) is 2.96. The molecule has 6 nitrogen and oxygen atoms in total. The van der Waals surface area contributed by atoms with Crippen LogP contribution >= 0.6 is 11.8 Å². The number of hydrogen-bond donors (Lipinski definition) is 3. The normalized spacial score (nSPS) is 12.4. The molecule has 0 saturated carbocycles. The molecule has 0 saturated heterocycles. The monoisotopic (exact) mass is 309 g/mol. The van der Waals surface area contributed by atoms with Crippen molar-refractivity contribution in [3.63, 3.8) is 0 Å². The summed E-state index contributed by atoms with van der Waals surface area (Å²) in [5.41, 5.74) is 6.06. The van der Waals surface area contributed by atoms with E-state index in [1.807, 2.05) is 0 Å². The van der Waals surface area contributed by atoms with Crippen LogP contribution in [0.2, 0.25) is 0 Å². The highest BCUT2D eigenvalue weighted by Gasteiger charge is 2.11. The van der Waals surface area contributed by atoms with Crippen LogP contribution in [-0.4, -0.2) is 28.0 Å². The van der Waals surface area contributed by atoms with Crippen molar-refractivity contribution in [1.29, 1.82) is 0 Å². The van der Waals surface area contributed by atoms with Gasteiger partial charge in [0.1, 0.15) is 17.4 Å². The van der Waals surface area contributed by atoms with Gasteiger partial charge in [-0.2, -0.15) is 11.8 Å². The molecule has 0 aliphatic rings. The second-order valence-electron chi connectivity index (χ2n) is 4.56. The maximum absolute atomic E-state index is 11.5. The highest BCUT2D eigenvalue weighted by molar-refractivity contribution is 7.98. The van der Waals surface area contributed by atoms with E-state index < -0.39 is 17.6 Å². The van der Waals surface area contributed by atoms with Crippen molar-refractivity contribution in [2.75, 3.05) is 5.75 Å². The molecule has 0 spiro atoms. The molecule has 0 bridgehead atoms. The Labute approximate surface area is 124 Å². The molecule has 0 aliphatic carbocycles. The van der Waals surface area contributed by atoms with E-state index >= 15 is 0 Å². The molecule has 1 aromatic heterocycles. The van der Waals surface area contributed by atoms with Crippen molar-refractivity contribution in [3.8, 4) is 5.75 Å². The Bertz CT molecular complexity index is 712. The van der Waals surface area contributed by atoms with Crippen LogP contribution in [0.15, 0.2) is 33.5 Å². The molecule has 0 fully saturated rings. The van der Waals surface area contributed by atoms with Crippen molar-refractivity contribution < 1.29 is 19.4 Å². The standard InChI is InChI=1S/C14H15NO5S/c15-11(14(18)19)3-4-21-7-8-5-13(17)20-12-6-9(16)1-2-10(8)12/h1-2,5-6,11,16H,3-4,7,15H2,(H,18,19). The summed E-state index contributed by atoms with van der Waals surface area (Å²) in [4.78, 5) is 22.1. The second-order valence-corrected chi connectivity index (χ2v) is 5.66. The zero-order valence-electron chi connectivity index (χ0n) is 11.1. The third-order valence-corrected chi connectivity index (χ3v) is 4.00.